The summed E-state index contributed by atoms with van der Waals surface area (Å²) in [6.07, 6.45) is 4.02. The van der Waals surface area contributed by atoms with Crippen molar-refractivity contribution in [1.29, 1.82) is 0 Å². The van der Waals surface area contributed by atoms with Gasteiger partial charge in [0.25, 0.3) is 0 Å². The van der Waals surface area contributed by atoms with Crippen molar-refractivity contribution in [3.05, 3.63) is 41.5 Å². The maximum Gasteiger partial charge on any atom is 0.229 e. The van der Waals surface area contributed by atoms with Crippen molar-refractivity contribution >= 4 is 11.6 Å². The third-order valence-corrected chi connectivity index (χ3v) is 5.77. The van der Waals surface area contributed by atoms with Gasteiger partial charge in [-0.05, 0) is 51.2 Å². The molecule has 2 aliphatic rings. The van der Waals surface area contributed by atoms with Crippen molar-refractivity contribution in [2.45, 2.75) is 76.9 Å². The predicted molar refractivity (Wildman–Crippen MR) is 104 cm³/mol. The number of hydrogen-bond donors (Lipinski definition) is 1. The summed E-state index contributed by atoms with van der Waals surface area (Å²) in [6.45, 7) is 6.91. The zero-order valence-corrected chi connectivity index (χ0v) is 16.3. The van der Waals surface area contributed by atoms with Gasteiger partial charge in [0.15, 0.2) is 5.82 Å². The van der Waals surface area contributed by atoms with Crippen LogP contribution in [0.5, 0.6) is 0 Å². The Morgan fingerprint density at radius 2 is 2.15 bits per heavy atom. The zero-order valence-electron chi connectivity index (χ0n) is 16.3. The first-order chi connectivity index (χ1) is 13.1. The molecular weight excluding hydrogens is 340 g/mol. The normalized spacial score (nSPS) is 23.0. The van der Waals surface area contributed by atoms with E-state index in [-0.39, 0.29) is 23.9 Å². The highest BCUT2D eigenvalue weighted by Gasteiger charge is 2.35. The van der Waals surface area contributed by atoms with Crippen molar-refractivity contribution < 1.29 is 9.32 Å². The van der Waals surface area contributed by atoms with E-state index in [1.807, 2.05) is 12.1 Å². The highest BCUT2D eigenvalue weighted by molar-refractivity contribution is 5.86. The fourth-order valence-corrected chi connectivity index (χ4v) is 3.79. The Bertz CT molecular complexity index is 814. The lowest BCUT2D eigenvalue weighted by Gasteiger charge is -2.40. The van der Waals surface area contributed by atoms with E-state index < -0.39 is 0 Å². The maximum absolute atomic E-state index is 12.9. The molecular formula is C21H28N4O2. The molecule has 1 N–H and O–H groups in total. The molecule has 27 heavy (non-hydrogen) atoms. The number of carbonyl (C=O) groups is 1. The van der Waals surface area contributed by atoms with Gasteiger partial charge in [-0.1, -0.05) is 30.3 Å². The summed E-state index contributed by atoms with van der Waals surface area (Å²) in [5.74, 6) is 1.97. The van der Waals surface area contributed by atoms with E-state index in [1.54, 1.807) is 0 Å². The van der Waals surface area contributed by atoms with Crippen LogP contribution in [0.1, 0.15) is 75.6 Å². The molecule has 144 valence electrons. The first kappa shape index (κ1) is 18.0. The first-order valence-electron chi connectivity index (χ1n) is 10.0. The van der Waals surface area contributed by atoms with E-state index in [0.717, 1.165) is 48.6 Å². The minimum Gasteiger partial charge on any atom is -0.361 e. The molecule has 2 heterocycles. The quantitative estimate of drug-likeness (QED) is 0.841. The summed E-state index contributed by atoms with van der Waals surface area (Å²) in [6, 6.07) is 8.61. The smallest absolute Gasteiger partial charge is 0.229 e. The molecule has 1 saturated carbocycles. The molecule has 1 aliphatic heterocycles. The van der Waals surface area contributed by atoms with E-state index in [0.29, 0.717) is 12.5 Å². The molecule has 1 amide bonds. The van der Waals surface area contributed by atoms with Gasteiger partial charge in [0.2, 0.25) is 11.8 Å². The summed E-state index contributed by atoms with van der Waals surface area (Å²) in [7, 11) is 0. The lowest BCUT2D eigenvalue weighted by atomic mass is 9.85. The Kier molecular flexibility index (Phi) is 4.89. The summed E-state index contributed by atoms with van der Waals surface area (Å²) < 4.78 is 5.42. The summed E-state index contributed by atoms with van der Waals surface area (Å²) in [4.78, 5) is 19.7. The Balaban J connectivity index is 1.57. The van der Waals surface area contributed by atoms with Gasteiger partial charge in [-0.2, -0.15) is 4.98 Å². The average Bonchev–Trinajstić information content (AvgIpc) is 3.42. The monoisotopic (exact) mass is 368 g/mol. The molecule has 3 atom stereocenters. The van der Waals surface area contributed by atoms with E-state index in [9.17, 15) is 4.79 Å². The predicted octanol–water partition coefficient (Wildman–Crippen LogP) is 3.74. The van der Waals surface area contributed by atoms with Gasteiger partial charge in [0, 0.05) is 23.7 Å². The number of carbonyl (C=O) groups excluding carboxylic acids is 1. The van der Waals surface area contributed by atoms with E-state index >= 15 is 0 Å². The van der Waals surface area contributed by atoms with Gasteiger partial charge < -0.3 is 14.7 Å². The molecule has 0 spiro atoms. The van der Waals surface area contributed by atoms with Crippen LogP contribution in [-0.4, -0.2) is 28.1 Å². The summed E-state index contributed by atoms with van der Waals surface area (Å²) >= 11 is 0. The lowest BCUT2D eigenvalue weighted by Crippen LogP contribution is -2.44. The molecule has 0 radical (unpaired) electrons. The van der Waals surface area contributed by atoms with E-state index in [4.69, 9.17) is 4.52 Å². The van der Waals surface area contributed by atoms with Gasteiger partial charge in [-0.3, -0.25) is 4.79 Å². The van der Waals surface area contributed by atoms with Gasteiger partial charge in [-0.25, -0.2) is 0 Å². The molecule has 1 aromatic carbocycles. The topological polar surface area (TPSA) is 71.3 Å². The van der Waals surface area contributed by atoms with Gasteiger partial charge in [0.05, 0.1) is 12.5 Å². The Hall–Kier alpha value is -2.37. The van der Waals surface area contributed by atoms with Gasteiger partial charge >= 0.3 is 0 Å². The molecule has 1 aromatic heterocycles. The van der Waals surface area contributed by atoms with Gasteiger partial charge in [-0.15, -0.1) is 0 Å². The highest BCUT2D eigenvalue weighted by Crippen LogP contribution is 2.41. The number of nitrogens with zero attached hydrogens (tertiary/aromatic N) is 3. The number of rotatable bonds is 6. The van der Waals surface area contributed by atoms with Crippen LogP contribution in [0, 0.1) is 0 Å². The highest BCUT2D eigenvalue weighted by atomic mass is 16.5. The minimum atomic E-state index is -0.117. The van der Waals surface area contributed by atoms with Crippen molar-refractivity contribution in [1.82, 2.24) is 15.5 Å². The van der Waals surface area contributed by atoms with Crippen molar-refractivity contribution in [2.75, 3.05) is 4.90 Å². The van der Waals surface area contributed by atoms with Crippen molar-refractivity contribution in [3.8, 4) is 0 Å². The van der Waals surface area contributed by atoms with E-state index in [1.165, 1.54) is 0 Å². The second-order valence-electron chi connectivity index (χ2n) is 7.97. The van der Waals surface area contributed by atoms with Crippen LogP contribution in [0.3, 0.4) is 0 Å². The number of amides is 1. The molecule has 0 bridgehead atoms. The SMILES string of the molecule is CC[C@H](C)NC(=O)[C@H]1C[C@@H](C)N(Cc2noc(C3CC3)n2)c2ccccc21. The number of benzene rings is 1. The number of para-hydroxylation sites is 1. The van der Waals surface area contributed by atoms with Crippen LogP contribution < -0.4 is 10.2 Å². The maximum atomic E-state index is 12.9. The van der Waals surface area contributed by atoms with Crippen LogP contribution >= 0.6 is 0 Å². The molecule has 0 saturated heterocycles. The molecule has 6 nitrogen and oxygen atoms in total. The largest absolute Gasteiger partial charge is 0.361 e. The fraction of sp³-hybridized carbons (Fsp3) is 0.571. The molecule has 1 fully saturated rings. The Morgan fingerprint density at radius 1 is 1.37 bits per heavy atom. The summed E-state index contributed by atoms with van der Waals surface area (Å²) in [5.41, 5.74) is 2.18. The molecule has 6 heteroatoms. The molecule has 1 aliphatic carbocycles. The van der Waals surface area contributed by atoms with E-state index in [2.05, 4.69) is 53.3 Å². The number of nitrogens with one attached hydrogen (secondary N) is 1. The minimum absolute atomic E-state index is 0.117. The van der Waals surface area contributed by atoms with Crippen LogP contribution in [0.2, 0.25) is 0 Å². The Labute approximate surface area is 160 Å². The average molecular weight is 368 g/mol. The third-order valence-electron chi connectivity index (χ3n) is 5.77. The summed E-state index contributed by atoms with van der Waals surface area (Å²) in [5, 5.41) is 7.33. The third kappa shape index (κ3) is 3.70. The number of anilines is 1. The van der Waals surface area contributed by atoms with Crippen LogP contribution in [0.25, 0.3) is 0 Å². The van der Waals surface area contributed by atoms with Gasteiger partial charge in [0.1, 0.15) is 0 Å². The van der Waals surface area contributed by atoms with Crippen LogP contribution in [-0.2, 0) is 11.3 Å². The number of aromatic nitrogens is 2. The van der Waals surface area contributed by atoms with Crippen molar-refractivity contribution in [3.63, 3.8) is 0 Å². The number of fused-ring (bicyclic) bond motifs is 1. The molecule has 0 unspecified atom stereocenters. The molecule has 4 rings (SSSR count). The lowest BCUT2D eigenvalue weighted by molar-refractivity contribution is -0.123. The van der Waals surface area contributed by atoms with Crippen LogP contribution in [0.15, 0.2) is 28.8 Å². The second-order valence-corrected chi connectivity index (χ2v) is 7.97. The standard InChI is InChI=1S/C21H28N4O2/c1-4-13(2)22-20(26)17-11-14(3)25(18-8-6-5-7-16(17)18)12-19-23-21(27-24-19)15-9-10-15/h5-8,13-15,17H,4,9-12H2,1-3H3,(H,22,26)/t13-,14+,17-/m0/s1. The first-order valence-corrected chi connectivity index (χ1v) is 10.0. The number of hydrogen-bond acceptors (Lipinski definition) is 5. The van der Waals surface area contributed by atoms with Crippen molar-refractivity contribution in [2.24, 2.45) is 0 Å². The zero-order chi connectivity index (χ0) is 19.0. The molecule has 2 aromatic rings. The fourth-order valence-electron chi connectivity index (χ4n) is 3.79. The van der Waals surface area contributed by atoms with Crippen LogP contribution in [0.4, 0.5) is 5.69 Å². The second kappa shape index (κ2) is 7.33. The Morgan fingerprint density at radius 3 is 2.89 bits per heavy atom.